The first-order valence-corrected chi connectivity index (χ1v) is 7.77. The molecule has 0 spiro atoms. The van der Waals surface area contributed by atoms with Gasteiger partial charge in [0, 0.05) is 6.54 Å². The van der Waals surface area contributed by atoms with Gasteiger partial charge in [-0.1, -0.05) is 24.3 Å². The SMILES string of the molecule is Cc1ccccc1CNC(=O)C1CC1C(=O)NCc1ccco1. The molecule has 1 fully saturated rings. The lowest BCUT2D eigenvalue weighted by atomic mass is 10.1. The normalized spacial score (nSPS) is 19.2. The molecule has 0 aliphatic heterocycles. The van der Waals surface area contributed by atoms with Crippen molar-refractivity contribution in [2.24, 2.45) is 11.8 Å². The Morgan fingerprint density at radius 1 is 1.04 bits per heavy atom. The van der Waals surface area contributed by atoms with Crippen molar-refractivity contribution in [3.05, 3.63) is 59.5 Å². The lowest BCUT2D eigenvalue weighted by Crippen LogP contribution is -2.29. The second-order valence-electron chi connectivity index (χ2n) is 5.89. The zero-order valence-electron chi connectivity index (χ0n) is 13.0. The average Bonchev–Trinajstić information content (AvgIpc) is 3.19. The molecule has 23 heavy (non-hydrogen) atoms. The molecular formula is C18H20N2O3. The number of furan rings is 1. The second-order valence-corrected chi connectivity index (χ2v) is 5.89. The highest BCUT2D eigenvalue weighted by Gasteiger charge is 2.47. The van der Waals surface area contributed by atoms with Crippen LogP contribution in [-0.2, 0) is 22.7 Å². The smallest absolute Gasteiger partial charge is 0.224 e. The number of benzene rings is 1. The Labute approximate surface area is 135 Å². The van der Waals surface area contributed by atoms with Gasteiger partial charge in [0.15, 0.2) is 0 Å². The van der Waals surface area contributed by atoms with Crippen LogP contribution >= 0.6 is 0 Å². The lowest BCUT2D eigenvalue weighted by molar-refractivity contribution is -0.127. The Kier molecular flexibility index (Phi) is 4.46. The van der Waals surface area contributed by atoms with Crippen molar-refractivity contribution in [1.82, 2.24) is 10.6 Å². The first-order valence-electron chi connectivity index (χ1n) is 7.77. The first kappa shape index (κ1) is 15.3. The fraction of sp³-hybridized carbons (Fsp3) is 0.333. The summed E-state index contributed by atoms with van der Waals surface area (Å²) in [4.78, 5) is 24.1. The largest absolute Gasteiger partial charge is 0.467 e. The molecule has 1 aliphatic rings. The summed E-state index contributed by atoms with van der Waals surface area (Å²) >= 11 is 0. The molecule has 5 nitrogen and oxygen atoms in total. The third-order valence-electron chi connectivity index (χ3n) is 4.20. The van der Waals surface area contributed by atoms with Crippen molar-refractivity contribution in [2.45, 2.75) is 26.4 Å². The summed E-state index contributed by atoms with van der Waals surface area (Å²) in [5, 5.41) is 5.72. The summed E-state index contributed by atoms with van der Waals surface area (Å²) in [6.07, 6.45) is 2.18. The third kappa shape index (κ3) is 3.80. The topological polar surface area (TPSA) is 71.3 Å². The Balaban J connectivity index is 1.43. The zero-order valence-corrected chi connectivity index (χ0v) is 13.0. The molecular weight excluding hydrogens is 292 g/mol. The van der Waals surface area contributed by atoms with Gasteiger partial charge in [-0.05, 0) is 36.6 Å². The van der Waals surface area contributed by atoms with Gasteiger partial charge in [0.2, 0.25) is 11.8 Å². The van der Waals surface area contributed by atoms with Crippen molar-refractivity contribution in [1.29, 1.82) is 0 Å². The summed E-state index contributed by atoms with van der Waals surface area (Å²) in [6, 6.07) is 11.5. The van der Waals surface area contributed by atoms with E-state index in [2.05, 4.69) is 10.6 Å². The molecule has 0 bridgehead atoms. The zero-order chi connectivity index (χ0) is 16.2. The minimum Gasteiger partial charge on any atom is -0.467 e. The predicted octanol–water partition coefficient (Wildman–Crippen LogP) is 2.16. The van der Waals surface area contributed by atoms with E-state index in [4.69, 9.17) is 4.42 Å². The fourth-order valence-electron chi connectivity index (χ4n) is 2.61. The van der Waals surface area contributed by atoms with E-state index in [0.717, 1.165) is 11.1 Å². The molecule has 5 heteroatoms. The van der Waals surface area contributed by atoms with Gasteiger partial charge in [-0.15, -0.1) is 0 Å². The number of hydrogen-bond acceptors (Lipinski definition) is 3. The molecule has 0 saturated heterocycles. The van der Waals surface area contributed by atoms with E-state index < -0.39 is 0 Å². The Bertz CT molecular complexity index is 694. The van der Waals surface area contributed by atoms with Crippen LogP contribution in [0.15, 0.2) is 47.1 Å². The summed E-state index contributed by atoms with van der Waals surface area (Å²) in [6.45, 7) is 2.88. The van der Waals surface area contributed by atoms with Crippen molar-refractivity contribution in [3.8, 4) is 0 Å². The highest BCUT2D eigenvalue weighted by Crippen LogP contribution is 2.38. The molecule has 2 atom stereocenters. The maximum Gasteiger partial charge on any atom is 0.224 e. The van der Waals surface area contributed by atoms with E-state index in [0.29, 0.717) is 25.3 Å². The molecule has 120 valence electrons. The van der Waals surface area contributed by atoms with Crippen molar-refractivity contribution in [2.75, 3.05) is 0 Å². The summed E-state index contributed by atoms with van der Waals surface area (Å²) in [5.74, 6) is 0.140. The molecule has 2 N–H and O–H groups in total. The molecule has 1 heterocycles. The predicted molar refractivity (Wildman–Crippen MR) is 85.2 cm³/mol. The molecule has 2 unspecified atom stereocenters. The van der Waals surface area contributed by atoms with Gasteiger partial charge in [0.25, 0.3) is 0 Å². The van der Waals surface area contributed by atoms with Gasteiger partial charge in [-0.25, -0.2) is 0 Å². The van der Waals surface area contributed by atoms with Crippen LogP contribution in [-0.4, -0.2) is 11.8 Å². The summed E-state index contributed by atoms with van der Waals surface area (Å²) in [5.41, 5.74) is 2.25. The van der Waals surface area contributed by atoms with Crippen LogP contribution in [0.25, 0.3) is 0 Å². The summed E-state index contributed by atoms with van der Waals surface area (Å²) < 4.78 is 5.16. The van der Waals surface area contributed by atoms with Gasteiger partial charge in [-0.3, -0.25) is 9.59 Å². The highest BCUT2D eigenvalue weighted by molar-refractivity contribution is 5.92. The highest BCUT2D eigenvalue weighted by atomic mass is 16.3. The number of carbonyl (C=O) groups excluding carboxylic acids is 2. The number of rotatable bonds is 6. The van der Waals surface area contributed by atoms with E-state index in [1.54, 1.807) is 18.4 Å². The Morgan fingerprint density at radius 2 is 1.74 bits per heavy atom. The number of carbonyl (C=O) groups is 2. The molecule has 3 rings (SSSR count). The van der Waals surface area contributed by atoms with Gasteiger partial charge < -0.3 is 15.1 Å². The molecule has 0 radical (unpaired) electrons. The summed E-state index contributed by atoms with van der Waals surface area (Å²) in [7, 11) is 0. The number of aryl methyl sites for hydroxylation is 1. The van der Waals surface area contributed by atoms with Gasteiger partial charge in [-0.2, -0.15) is 0 Å². The number of nitrogens with one attached hydrogen (secondary N) is 2. The first-order chi connectivity index (χ1) is 11.1. The van der Waals surface area contributed by atoms with Crippen LogP contribution in [0.5, 0.6) is 0 Å². The van der Waals surface area contributed by atoms with Gasteiger partial charge >= 0.3 is 0 Å². The number of amides is 2. The van der Waals surface area contributed by atoms with Crippen molar-refractivity contribution < 1.29 is 14.0 Å². The molecule has 1 aromatic carbocycles. The Morgan fingerprint density at radius 3 is 2.39 bits per heavy atom. The maximum atomic E-state index is 12.1. The van der Waals surface area contributed by atoms with E-state index in [9.17, 15) is 9.59 Å². The van der Waals surface area contributed by atoms with E-state index in [-0.39, 0.29) is 23.7 Å². The minimum atomic E-state index is -0.221. The lowest BCUT2D eigenvalue weighted by Gasteiger charge is -2.08. The second kappa shape index (κ2) is 6.69. The monoisotopic (exact) mass is 312 g/mol. The Hall–Kier alpha value is -2.56. The van der Waals surface area contributed by atoms with Crippen LogP contribution in [0.1, 0.15) is 23.3 Å². The molecule has 2 amide bonds. The molecule has 2 aromatic rings. The van der Waals surface area contributed by atoms with Gasteiger partial charge in [0.1, 0.15) is 5.76 Å². The van der Waals surface area contributed by atoms with Gasteiger partial charge in [0.05, 0.1) is 24.6 Å². The van der Waals surface area contributed by atoms with E-state index in [1.165, 1.54) is 0 Å². The van der Waals surface area contributed by atoms with Crippen LogP contribution in [0, 0.1) is 18.8 Å². The fourth-order valence-corrected chi connectivity index (χ4v) is 2.61. The minimum absolute atomic E-state index is 0.0496. The molecule has 1 saturated carbocycles. The van der Waals surface area contributed by atoms with Crippen molar-refractivity contribution in [3.63, 3.8) is 0 Å². The maximum absolute atomic E-state index is 12.1. The van der Waals surface area contributed by atoms with E-state index >= 15 is 0 Å². The van der Waals surface area contributed by atoms with Crippen LogP contribution < -0.4 is 10.6 Å². The quantitative estimate of drug-likeness (QED) is 0.858. The number of hydrogen-bond donors (Lipinski definition) is 2. The average molecular weight is 312 g/mol. The molecule has 1 aliphatic carbocycles. The molecule has 1 aromatic heterocycles. The standard InChI is InChI=1S/C18H20N2O3/c1-12-5-2-3-6-13(12)10-19-17(21)15-9-16(15)18(22)20-11-14-7-4-8-23-14/h2-8,15-16H,9-11H2,1H3,(H,19,21)(H,20,22). The van der Waals surface area contributed by atoms with Crippen LogP contribution in [0.4, 0.5) is 0 Å². The third-order valence-corrected chi connectivity index (χ3v) is 4.20. The van der Waals surface area contributed by atoms with Crippen LogP contribution in [0.2, 0.25) is 0 Å². The van der Waals surface area contributed by atoms with E-state index in [1.807, 2.05) is 31.2 Å². The van der Waals surface area contributed by atoms with Crippen LogP contribution in [0.3, 0.4) is 0 Å². The van der Waals surface area contributed by atoms with Crippen molar-refractivity contribution >= 4 is 11.8 Å².